The van der Waals surface area contributed by atoms with Gasteiger partial charge in [0.2, 0.25) is 6.23 Å². The lowest BCUT2D eigenvalue weighted by atomic mass is 10.1. The molecule has 0 radical (unpaired) electrons. The SMILES string of the molecule is CN1c2ncccc2OC1c1ccccc1N. The van der Waals surface area contributed by atoms with Crippen molar-refractivity contribution in [1.82, 2.24) is 4.98 Å². The maximum Gasteiger partial charge on any atom is 0.202 e. The van der Waals surface area contributed by atoms with Crippen LogP contribution >= 0.6 is 0 Å². The van der Waals surface area contributed by atoms with Crippen molar-refractivity contribution in [3.05, 3.63) is 48.2 Å². The Bertz CT molecular complexity index is 556. The van der Waals surface area contributed by atoms with Gasteiger partial charge in [0.15, 0.2) is 11.6 Å². The predicted octanol–water partition coefficient (Wildman–Crippen LogP) is 2.19. The highest BCUT2D eigenvalue weighted by atomic mass is 16.5. The summed E-state index contributed by atoms with van der Waals surface area (Å²) >= 11 is 0. The van der Waals surface area contributed by atoms with Crippen LogP contribution in [0.2, 0.25) is 0 Å². The van der Waals surface area contributed by atoms with E-state index in [1.54, 1.807) is 6.20 Å². The number of nitrogen functional groups attached to an aromatic ring is 1. The third-order valence-corrected chi connectivity index (χ3v) is 2.94. The van der Waals surface area contributed by atoms with Gasteiger partial charge in [0.1, 0.15) is 0 Å². The maximum absolute atomic E-state index is 5.97. The second kappa shape index (κ2) is 3.66. The first kappa shape index (κ1) is 9.96. The largest absolute Gasteiger partial charge is 0.462 e. The van der Waals surface area contributed by atoms with Crippen LogP contribution in [0.5, 0.6) is 5.75 Å². The van der Waals surface area contributed by atoms with Crippen molar-refractivity contribution in [3.8, 4) is 5.75 Å². The maximum atomic E-state index is 5.97. The minimum Gasteiger partial charge on any atom is -0.462 e. The van der Waals surface area contributed by atoms with Gasteiger partial charge in [-0.2, -0.15) is 0 Å². The van der Waals surface area contributed by atoms with E-state index in [4.69, 9.17) is 10.5 Å². The van der Waals surface area contributed by atoms with E-state index in [2.05, 4.69) is 4.98 Å². The van der Waals surface area contributed by atoms with Gasteiger partial charge in [0.25, 0.3) is 0 Å². The number of hydrogen-bond donors (Lipinski definition) is 1. The number of nitrogens with two attached hydrogens (primary N) is 1. The number of benzene rings is 1. The Hall–Kier alpha value is -2.23. The van der Waals surface area contributed by atoms with E-state index in [1.807, 2.05) is 48.3 Å². The lowest BCUT2D eigenvalue weighted by Gasteiger charge is -2.21. The van der Waals surface area contributed by atoms with E-state index in [0.717, 1.165) is 22.8 Å². The van der Waals surface area contributed by atoms with Crippen LogP contribution < -0.4 is 15.4 Å². The second-order valence-electron chi connectivity index (χ2n) is 4.04. The Morgan fingerprint density at radius 2 is 2.06 bits per heavy atom. The van der Waals surface area contributed by atoms with Crippen LogP contribution in [-0.2, 0) is 0 Å². The fourth-order valence-corrected chi connectivity index (χ4v) is 2.06. The highest BCUT2D eigenvalue weighted by Gasteiger charge is 2.31. The summed E-state index contributed by atoms with van der Waals surface area (Å²) in [6.45, 7) is 0. The van der Waals surface area contributed by atoms with Crippen LogP contribution in [0.25, 0.3) is 0 Å². The standard InChI is InChI=1S/C13H13N3O/c1-16-12-11(7-4-8-15-12)17-13(16)9-5-2-3-6-10(9)14/h2-8,13H,14H2,1H3. The Labute approximate surface area is 99.6 Å². The average molecular weight is 227 g/mol. The smallest absolute Gasteiger partial charge is 0.202 e. The molecule has 1 unspecified atom stereocenters. The third kappa shape index (κ3) is 1.49. The molecule has 17 heavy (non-hydrogen) atoms. The zero-order chi connectivity index (χ0) is 11.8. The molecule has 2 aromatic rings. The molecule has 4 heteroatoms. The molecule has 0 amide bonds. The van der Waals surface area contributed by atoms with E-state index < -0.39 is 0 Å². The van der Waals surface area contributed by atoms with Crippen LogP contribution in [0, 0.1) is 0 Å². The van der Waals surface area contributed by atoms with Crippen molar-refractivity contribution in [2.24, 2.45) is 0 Å². The van der Waals surface area contributed by atoms with Gasteiger partial charge >= 0.3 is 0 Å². The Morgan fingerprint density at radius 3 is 2.82 bits per heavy atom. The molecule has 1 atom stereocenters. The zero-order valence-electron chi connectivity index (χ0n) is 9.50. The summed E-state index contributed by atoms with van der Waals surface area (Å²) in [5.74, 6) is 1.64. The summed E-state index contributed by atoms with van der Waals surface area (Å²) in [4.78, 5) is 6.29. The molecule has 1 aromatic heterocycles. The van der Waals surface area contributed by atoms with E-state index in [0.29, 0.717) is 0 Å². The quantitative estimate of drug-likeness (QED) is 0.759. The highest BCUT2D eigenvalue weighted by Crippen LogP contribution is 2.41. The number of hydrogen-bond acceptors (Lipinski definition) is 4. The van der Waals surface area contributed by atoms with Gasteiger partial charge in [0, 0.05) is 24.5 Å². The van der Waals surface area contributed by atoms with Crippen molar-refractivity contribution in [3.63, 3.8) is 0 Å². The van der Waals surface area contributed by atoms with Crippen LogP contribution in [0.15, 0.2) is 42.6 Å². The van der Waals surface area contributed by atoms with Crippen molar-refractivity contribution in [1.29, 1.82) is 0 Å². The number of fused-ring (bicyclic) bond motifs is 1. The summed E-state index contributed by atoms with van der Waals surface area (Å²) in [6.07, 6.45) is 1.57. The summed E-state index contributed by atoms with van der Waals surface area (Å²) in [5, 5.41) is 0. The first-order valence-electron chi connectivity index (χ1n) is 5.46. The molecule has 1 aromatic carbocycles. The molecule has 0 spiro atoms. The number of nitrogens with zero attached hydrogens (tertiary/aromatic N) is 2. The molecule has 3 rings (SSSR count). The number of aromatic nitrogens is 1. The molecule has 2 N–H and O–H groups in total. The van der Waals surface area contributed by atoms with E-state index >= 15 is 0 Å². The number of rotatable bonds is 1. The van der Waals surface area contributed by atoms with Crippen molar-refractivity contribution < 1.29 is 4.74 Å². The van der Waals surface area contributed by atoms with Crippen LogP contribution in [-0.4, -0.2) is 12.0 Å². The average Bonchev–Trinajstić information content (AvgIpc) is 2.68. The normalized spacial score (nSPS) is 17.7. The molecule has 0 saturated heterocycles. The van der Waals surface area contributed by atoms with E-state index in [-0.39, 0.29) is 6.23 Å². The zero-order valence-corrected chi connectivity index (χ0v) is 9.50. The van der Waals surface area contributed by atoms with Gasteiger partial charge in [-0.05, 0) is 18.2 Å². The fourth-order valence-electron chi connectivity index (χ4n) is 2.06. The van der Waals surface area contributed by atoms with Gasteiger partial charge in [-0.15, -0.1) is 0 Å². The first-order valence-corrected chi connectivity index (χ1v) is 5.46. The van der Waals surface area contributed by atoms with E-state index in [9.17, 15) is 0 Å². The monoisotopic (exact) mass is 227 g/mol. The summed E-state index contributed by atoms with van der Waals surface area (Å²) in [5.41, 5.74) is 7.67. The van der Waals surface area contributed by atoms with E-state index in [1.165, 1.54) is 0 Å². The number of anilines is 2. The van der Waals surface area contributed by atoms with Gasteiger partial charge in [-0.3, -0.25) is 0 Å². The molecule has 2 heterocycles. The summed E-state index contributed by atoms with van der Waals surface area (Å²) in [6, 6.07) is 11.5. The van der Waals surface area contributed by atoms with Gasteiger partial charge < -0.3 is 15.4 Å². The summed E-state index contributed by atoms with van der Waals surface area (Å²) < 4.78 is 5.87. The van der Waals surface area contributed by atoms with Gasteiger partial charge in [-0.25, -0.2) is 4.98 Å². The first-order chi connectivity index (χ1) is 8.27. The number of para-hydroxylation sites is 1. The molecule has 0 fully saturated rings. The molecule has 1 aliphatic rings. The Balaban J connectivity index is 2.02. The molecular formula is C13H13N3O. The highest BCUT2D eigenvalue weighted by molar-refractivity contribution is 5.60. The fraction of sp³-hybridized carbons (Fsp3) is 0.154. The Morgan fingerprint density at radius 1 is 1.24 bits per heavy atom. The number of ether oxygens (including phenoxy) is 1. The lowest BCUT2D eigenvalue weighted by molar-refractivity contribution is 0.236. The Kier molecular flexibility index (Phi) is 2.14. The van der Waals surface area contributed by atoms with Crippen molar-refractivity contribution in [2.45, 2.75) is 6.23 Å². The van der Waals surface area contributed by atoms with Crippen molar-refractivity contribution in [2.75, 3.05) is 17.7 Å². The molecule has 86 valence electrons. The molecule has 0 saturated carbocycles. The van der Waals surface area contributed by atoms with Crippen LogP contribution in [0.3, 0.4) is 0 Å². The molecule has 1 aliphatic heterocycles. The number of pyridine rings is 1. The molecule has 0 aliphatic carbocycles. The predicted molar refractivity (Wildman–Crippen MR) is 66.9 cm³/mol. The molecule has 4 nitrogen and oxygen atoms in total. The topological polar surface area (TPSA) is 51.4 Å². The van der Waals surface area contributed by atoms with Crippen LogP contribution in [0.4, 0.5) is 11.5 Å². The van der Waals surface area contributed by atoms with Gasteiger partial charge in [-0.1, -0.05) is 18.2 Å². The third-order valence-electron chi connectivity index (χ3n) is 2.94. The summed E-state index contributed by atoms with van der Waals surface area (Å²) in [7, 11) is 1.95. The van der Waals surface area contributed by atoms with Crippen molar-refractivity contribution >= 4 is 11.5 Å². The van der Waals surface area contributed by atoms with Gasteiger partial charge in [0.05, 0.1) is 0 Å². The molecule has 0 bridgehead atoms. The minimum atomic E-state index is -0.193. The molecular weight excluding hydrogens is 214 g/mol. The second-order valence-corrected chi connectivity index (χ2v) is 4.04. The lowest BCUT2D eigenvalue weighted by Crippen LogP contribution is -2.23. The minimum absolute atomic E-state index is 0.193. The van der Waals surface area contributed by atoms with Crippen LogP contribution in [0.1, 0.15) is 11.8 Å².